The normalized spacial score (nSPS) is 10.7. The number of benzene rings is 1. The second-order valence-corrected chi connectivity index (χ2v) is 4.06. The van der Waals surface area contributed by atoms with E-state index in [-0.39, 0.29) is 0 Å². The lowest BCUT2D eigenvalue weighted by molar-refractivity contribution is 0.176. The van der Waals surface area contributed by atoms with E-state index >= 15 is 0 Å². The highest BCUT2D eigenvalue weighted by atomic mass is 16.5. The predicted octanol–water partition coefficient (Wildman–Crippen LogP) is 2.35. The molecule has 0 saturated heterocycles. The summed E-state index contributed by atoms with van der Waals surface area (Å²) in [5.74, 6) is 0. The minimum Gasteiger partial charge on any atom is -0.370 e. The van der Waals surface area contributed by atoms with Crippen LogP contribution in [0.1, 0.15) is 22.3 Å². The van der Waals surface area contributed by atoms with Gasteiger partial charge < -0.3 is 4.74 Å². The zero-order chi connectivity index (χ0) is 11.3. The third-order valence-corrected chi connectivity index (χ3v) is 2.64. The quantitative estimate of drug-likeness (QED) is 0.591. The maximum Gasteiger partial charge on any atom is 0.0961 e. The fourth-order valence-corrected chi connectivity index (χ4v) is 1.99. The highest BCUT2D eigenvalue weighted by Crippen LogP contribution is 2.16. The smallest absolute Gasteiger partial charge is 0.0961 e. The van der Waals surface area contributed by atoms with Gasteiger partial charge in [0.05, 0.1) is 6.73 Å². The van der Waals surface area contributed by atoms with Crippen LogP contribution in [0.4, 0.5) is 0 Å². The number of ether oxygens (including phenoxy) is 1. The third-order valence-electron chi connectivity index (χ3n) is 2.64. The van der Waals surface area contributed by atoms with Gasteiger partial charge >= 0.3 is 0 Å². The molecule has 0 aliphatic carbocycles. The second kappa shape index (κ2) is 5.89. The maximum atomic E-state index is 4.95. The van der Waals surface area contributed by atoms with Gasteiger partial charge in [-0.25, -0.2) is 0 Å². The molecule has 2 heteroatoms. The van der Waals surface area contributed by atoms with E-state index in [9.17, 15) is 0 Å². The Labute approximate surface area is 92.6 Å². The maximum absolute atomic E-state index is 4.95. The summed E-state index contributed by atoms with van der Waals surface area (Å²) in [6.07, 6.45) is 1.07. The van der Waals surface area contributed by atoms with Crippen LogP contribution in [0.5, 0.6) is 0 Å². The number of hydrogen-bond donors (Lipinski definition) is 1. The Morgan fingerprint density at radius 1 is 1.13 bits per heavy atom. The summed E-state index contributed by atoms with van der Waals surface area (Å²) in [5.41, 5.74) is 5.60. The molecule has 0 radical (unpaired) electrons. The molecule has 0 bridgehead atoms. The predicted molar refractivity (Wildman–Crippen MR) is 64.2 cm³/mol. The largest absolute Gasteiger partial charge is 0.370 e. The zero-order valence-electron chi connectivity index (χ0n) is 10.2. The second-order valence-electron chi connectivity index (χ2n) is 4.06. The lowest BCUT2D eigenvalue weighted by Crippen LogP contribution is -2.20. The average molecular weight is 207 g/mol. The molecule has 1 aromatic rings. The Balaban J connectivity index is 2.60. The SMILES string of the molecule is COCNCCc1c(C)cc(C)cc1C. The molecule has 84 valence electrons. The lowest BCUT2D eigenvalue weighted by Gasteiger charge is -2.11. The number of rotatable bonds is 5. The topological polar surface area (TPSA) is 21.3 Å². The van der Waals surface area contributed by atoms with Crippen molar-refractivity contribution in [2.75, 3.05) is 20.4 Å². The van der Waals surface area contributed by atoms with Crippen LogP contribution in [-0.4, -0.2) is 20.4 Å². The van der Waals surface area contributed by atoms with Gasteiger partial charge in [-0.1, -0.05) is 17.7 Å². The van der Waals surface area contributed by atoms with Crippen LogP contribution in [0, 0.1) is 20.8 Å². The van der Waals surface area contributed by atoms with E-state index in [4.69, 9.17) is 4.74 Å². The Morgan fingerprint density at radius 2 is 1.73 bits per heavy atom. The van der Waals surface area contributed by atoms with Crippen LogP contribution in [0.2, 0.25) is 0 Å². The molecule has 1 rings (SSSR count). The van der Waals surface area contributed by atoms with E-state index in [0.29, 0.717) is 6.73 Å². The van der Waals surface area contributed by atoms with Crippen molar-refractivity contribution in [1.29, 1.82) is 0 Å². The van der Waals surface area contributed by atoms with E-state index in [1.807, 2.05) is 0 Å². The number of hydrogen-bond acceptors (Lipinski definition) is 2. The van der Waals surface area contributed by atoms with Crippen LogP contribution in [0.15, 0.2) is 12.1 Å². The Bertz CT molecular complexity index is 297. The summed E-state index contributed by atoms with van der Waals surface area (Å²) >= 11 is 0. The molecule has 0 saturated carbocycles. The van der Waals surface area contributed by atoms with Crippen molar-refractivity contribution < 1.29 is 4.74 Å². The highest BCUT2D eigenvalue weighted by molar-refractivity contribution is 5.37. The van der Waals surface area contributed by atoms with Crippen molar-refractivity contribution in [3.8, 4) is 0 Å². The monoisotopic (exact) mass is 207 g/mol. The van der Waals surface area contributed by atoms with Gasteiger partial charge in [0, 0.05) is 13.7 Å². The lowest BCUT2D eigenvalue weighted by atomic mass is 9.97. The molecule has 0 atom stereocenters. The third kappa shape index (κ3) is 3.65. The first kappa shape index (κ1) is 12.2. The van der Waals surface area contributed by atoms with E-state index < -0.39 is 0 Å². The number of aryl methyl sites for hydroxylation is 3. The molecule has 1 aromatic carbocycles. The molecule has 0 spiro atoms. The molecule has 0 heterocycles. The summed E-state index contributed by atoms with van der Waals surface area (Å²) in [6.45, 7) is 8.12. The molecule has 0 aliphatic rings. The fraction of sp³-hybridized carbons (Fsp3) is 0.538. The number of methoxy groups -OCH3 is 1. The van der Waals surface area contributed by atoms with Crippen molar-refractivity contribution in [3.05, 3.63) is 34.4 Å². The molecule has 1 N–H and O–H groups in total. The first-order chi connectivity index (χ1) is 7.15. The van der Waals surface area contributed by atoms with Crippen LogP contribution in [-0.2, 0) is 11.2 Å². The molecule has 15 heavy (non-hydrogen) atoms. The highest BCUT2D eigenvalue weighted by Gasteiger charge is 2.02. The molecule has 0 fully saturated rings. The van der Waals surface area contributed by atoms with Crippen molar-refractivity contribution in [2.24, 2.45) is 0 Å². The van der Waals surface area contributed by atoms with Gasteiger partial charge in [0.2, 0.25) is 0 Å². The van der Waals surface area contributed by atoms with Crippen LogP contribution >= 0.6 is 0 Å². The average Bonchev–Trinajstić information content (AvgIpc) is 2.15. The first-order valence-electron chi connectivity index (χ1n) is 5.41. The Kier molecular flexibility index (Phi) is 4.79. The van der Waals surface area contributed by atoms with Gasteiger partial charge in [0.15, 0.2) is 0 Å². The van der Waals surface area contributed by atoms with Gasteiger partial charge in [0.1, 0.15) is 0 Å². The van der Waals surface area contributed by atoms with Crippen LogP contribution < -0.4 is 5.32 Å². The minimum absolute atomic E-state index is 0.629. The standard InChI is InChI=1S/C13H21NO/c1-10-7-11(2)13(12(3)8-10)5-6-14-9-15-4/h7-8,14H,5-6,9H2,1-4H3. The summed E-state index contributed by atoms with van der Waals surface area (Å²) in [7, 11) is 1.70. The van der Waals surface area contributed by atoms with Gasteiger partial charge in [-0.3, -0.25) is 5.32 Å². The van der Waals surface area contributed by atoms with Crippen molar-refractivity contribution in [2.45, 2.75) is 27.2 Å². The van der Waals surface area contributed by atoms with E-state index in [1.165, 1.54) is 22.3 Å². The van der Waals surface area contributed by atoms with E-state index in [2.05, 4.69) is 38.2 Å². The zero-order valence-corrected chi connectivity index (χ0v) is 10.2. The molecular formula is C13H21NO. The first-order valence-corrected chi connectivity index (χ1v) is 5.41. The van der Waals surface area contributed by atoms with Gasteiger partial charge in [-0.2, -0.15) is 0 Å². The minimum atomic E-state index is 0.629. The van der Waals surface area contributed by atoms with Gasteiger partial charge in [0.25, 0.3) is 0 Å². The summed E-state index contributed by atoms with van der Waals surface area (Å²) in [6, 6.07) is 4.50. The summed E-state index contributed by atoms with van der Waals surface area (Å²) in [5, 5.41) is 3.23. The van der Waals surface area contributed by atoms with E-state index in [0.717, 1.165) is 13.0 Å². The Hall–Kier alpha value is -0.860. The van der Waals surface area contributed by atoms with Crippen molar-refractivity contribution in [1.82, 2.24) is 5.32 Å². The Morgan fingerprint density at radius 3 is 2.27 bits per heavy atom. The molecule has 0 unspecified atom stereocenters. The van der Waals surface area contributed by atoms with Gasteiger partial charge in [-0.05, 0) is 43.9 Å². The van der Waals surface area contributed by atoms with Crippen LogP contribution in [0.3, 0.4) is 0 Å². The van der Waals surface area contributed by atoms with Crippen LogP contribution in [0.25, 0.3) is 0 Å². The summed E-state index contributed by atoms with van der Waals surface area (Å²) in [4.78, 5) is 0. The molecular weight excluding hydrogens is 186 g/mol. The molecule has 2 nitrogen and oxygen atoms in total. The van der Waals surface area contributed by atoms with Crippen molar-refractivity contribution >= 4 is 0 Å². The number of nitrogens with one attached hydrogen (secondary N) is 1. The molecule has 0 amide bonds. The molecule has 0 aromatic heterocycles. The molecule has 0 aliphatic heterocycles. The van der Waals surface area contributed by atoms with Gasteiger partial charge in [-0.15, -0.1) is 0 Å². The van der Waals surface area contributed by atoms with Crippen molar-refractivity contribution in [3.63, 3.8) is 0 Å². The fourth-order valence-electron chi connectivity index (χ4n) is 1.99. The van der Waals surface area contributed by atoms with E-state index in [1.54, 1.807) is 7.11 Å². The summed E-state index contributed by atoms with van der Waals surface area (Å²) < 4.78 is 4.95.